The van der Waals surface area contributed by atoms with Crippen LogP contribution in [-0.2, 0) is 24.0 Å². The molecule has 0 bridgehead atoms. The van der Waals surface area contributed by atoms with Crippen molar-refractivity contribution in [1.82, 2.24) is 9.55 Å². The average molecular weight is 399 g/mol. The molecule has 1 heterocycles. The maximum Gasteiger partial charge on any atom is 1.00 e. The van der Waals surface area contributed by atoms with E-state index in [1.165, 1.54) is 0 Å². The molecule has 130 valence electrons. The van der Waals surface area contributed by atoms with E-state index in [9.17, 15) is 8.99 Å². The van der Waals surface area contributed by atoms with Gasteiger partial charge in [0.05, 0.1) is 26.4 Å². The molecule has 0 N–H and O–H groups in total. The van der Waals surface area contributed by atoms with Crippen LogP contribution >= 0.6 is 8.23 Å². The van der Waals surface area contributed by atoms with E-state index in [1.807, 2.05) is 25.1 Å². The number of aldehydes is 1. The number of carbonyl (C=O) groups is 1. The fourth-order valence-electron chi connectivity index (χ4n) is 1.97. The number of nitrogens with zero attached hydrogens (tertiary/aromatic N) is 2. The number of hydrogen-bond acceptors (Lipinski definition) is 4. The molecule has 4 nitrogen and oxygen atoms in total. The monoisotopic (exact) mass is 398 g/mol. The topological polar surface area (TPSA) is 44.1 Å². The molecular formula is C16H25FKN2O2PS. The fraction of sp³-hybridized carbons (Fsp3) is 0.500. The molecule has 0 aliphatic carbocycles. The number of aryl methyl sites for hydroxylation is 2. The standard InChI is InChI=1S/C13H16N2O2.C2H6FP.CH4S.K/c1-10-14-12-9-11(17-2)5-6-13(12)15(10)7-3-4-8-16;1-4(2)3;1-2;/h5-6,8-9H,3-4,7H2,1-2H3;1-2H3;2H,1H3;/q;;;+1/p-1. The van der Waals surface area contributed by atoms with Gasteiger partial charge in [-0.05, 0) is 38.8 Å². The largest absolute Gasteiger partial charge is 1.00 e. The number of fused-ring (bicyclic) bond motifs is 1. The van der Waals surface area contributed by atoms with Gasteiger partial charge in [-0.3, -0.25) is 0 Å². The SMILES string of the molecule is COc1ccc2c(c1)nc(C)n2CCCC=O.CP(C)F.C[S-].[K+]. The number of carbonyl (C=O) groups excluding carboxylic acids is 1. The van der Waals surface area contributed by atoms with E-state index in [-0.39, 0.29) is 51.4 Å². The molecule has 2 aromatic rings. The minimum atomic E-state index is -1.12. The van der Waals surface area contributed by atoms with Crippen molar-refractivity contribution in [3.63, 3.8) is 0 Å². The van der Waals surface area contributed by atoms with E-state index in [0.29, 0.717) is 6.42 Å². The van der Waals surface area contributed by atoms with Crippen molar-refractivity contribution < 1.29 is 65.1 Å². The number of methoxy groups -OCH3 is 1. The molecule has 0 aliphatic heterocycles. The molecule has 0 atom stereocenters. The van der Waals surface area contributed by atoms with E-state index < -0.39 is 8.23 Å². The Balaban J connectivity index is 0. The molecule has 0 amide bonds. The van der Waals surface area contributed by atoms with Gasteiger partial charge in [-0.25, -0.2) is 9.18 Å². The van der Waals surface area contributed by atoms with Gasteiger partial charge in [0.2, 0.25) is 0 Å². The first kappa shape index (κ1) is 26.7. The summed E-state index contributed by atoms with van der Waals surface area (Å²) in [6.07, 6.45) is 3.98. The summed E-state index contributed by atoms with van der Waals surface area (Å²) in [4.78, 5) is 14.8. The molecule has 0 unspecified atom stereocenters. The zero-order valence-electron chi connectivity index (χ0n) is 15.4. The second-order valence-corrected chi connectivity index (χ2v) is 6.33. The first-order valence-electron chi connectivity index (χ1n) is 7.18. The Morgan fingerprint density at radius 2 is 1.96 bits per heavy atom. The number of ether oxygens (including phenoxy) is 1. The van der Waals surface area contributed by atoms with Gasteiger partial charge >= 0.3 is 51.4 Å². The second-order valence-electron chi connectivity index (χ2n) is 4.76. The molecular weight excluding hydrogens is 373 g/mol. The predicted molar refractivity (Wildman–Crippen MR) is 99.5 cm³/mol. The van der Waals surface area contributed by atoms with Crippen LogP contribution in [0.15, 0.2) is 18.2 Å². The molecule has 2 rings (SSSR count). The Labute approximate surface area is 193 Å². The van der Waals surface area contributed by atoms with Crippen molar-refractivity contribution in [2.45, 2.75) is 26.3 Å². The molecule has 0 radical (unpaired) electrons. The van der Waals surface area contributed by atoms with Gasteiger partial charge in [-0.1, -0.05) is 0 Å². The summed E-state index contributed by atoms with van der Waals surface area (Å²) in [5.41, 5.74) is 2.03. The molecule has 0 spiro atoms. The number of aromatic nitrogens is 2. The number of unbranched alkanes of at least 4 members (excludes halogenated alkanes) is 1. The molecule has 0 saturated heterocycles. The van der Waals surface area contributed by atoms with Gasteiger partial charge in [0.15, 0.2) is 0 Å². The first-order valence-corrected chi connectivity index (χ1v) is 10.1. The van der Waals surface area contributed by atoms with Crippen LogP contribution in [0.5, 0.6) is 5.75 Å². The van der Waals surface area contributed by atoms with Gasteiger partial charge in [0.25, 0.3) is 0 Å². The maximum atomic E-state index is 11.1. The van der Waals surface area contributed by atoms with Crippen LogP contribution in [0.1, 0.15) is 18.7 Å². The van der Waals surface area contributed by atoms with E-state index in [1.54, 1.807) is 26.7 Å². The van der Waals surface area contributed by atoms with Crippen molar-refractivity contribution in [1.29, 1.82) is 0 Å². The average Bonchev–Trinajstić information content (AvgIpc) is 2.84. The zero-order chi connectivity index (χ0) is 17.8. The summed E-state index contributed by atoms with van der Waals surface area (Å²) >= 11 is 4.08. The van der Waals surface area contributed by atoms with E-state index in [0.717, 1.165) is 41.9 Å². The summed E-state index contributed by atoms with van der Waals surface area (Å²) in [7, 11) is 0.528. The number of rotatable bonds is 5. The van der Waals surface area contributed by atoms with Crippen LogP contribution in [0.3, 0.4) is 0 Å². The Hall–Kier alpha value is 0.506. The Kier molecular flexibility index (Phi) is 17.5. The Morgan fingerprint density at radius 1 is 1.38 bits per heavy atom. The normalized spacial score (nSPS) is 9.33. The molecule has 1 aromatic carbocycles. The second kappa shape index (κ2) is 15.7. The predicted octanol–water partition coefficient (Wildman–Crippen LogP) is 1.11. The molecule has 0 saturated carbocycles. The van der Waals surface area contributed by atoms with Gasteiger partial charge in [-0.15, -0.1) is 0 Å². The number of imidazole rings is 1. The van der Waals surface area contributed by atoms with Crippen LogP contribution in [-0.4, -0.2) is 42.5 Å². The Morgan fingerprint density at radius 3 is 2.46 bits per heavy atom. The third-order valence-corrected chi connectivity index (χ3v) is 2.85. The Bertz CT molecular complexity index is 594. The van der Waals surface area contributed by atoms with E-state index in [2.05, 4.69) is 22.2 Å². The van der Waals surface area contributed by atoms with Crippen LogP contribution in [0.25, 0.3) is 11.0 Å². The minimum absolute atomic E-state index is 0. The van der Waals surface area contributed by atoms with Crippen LogP contribution in [0.2, 0.25) is 0 Å². The third kappa shape index (κ3) is 9.85. The quantitative estimate of drug-likeness (QED) is 0.249. The molecule has 1 aromatic heterocycles. The third-order valence-electron chi connectivity index (χ3n) is 2.85. The summed E-state index contributed by atoms with van der Waals surface area (Å²) < 4.78 is 18.4. The van der Waals surface area contributed by atoms with Crippen molar-refractivity contribution in [2.24, 2.45) is 0 Å². The minimum Gasteiger partial charge on any atom is -0.796 e. The summed E-state index contributed by atoms with van der Waals surface area (Å²) in [6, 6.07) is 5.87. The number of hydrogen-bond donors (Lipinski definition) is 0. The summed E-state index contributed by atoms with van der Waals surface area (Å²) in [6.45, 7) is 5.94. The van der Waals surface area contributed by atoms with Crippen molar-refractivity contribution in [3.8, 4) is 5.75 Å². The van der Waals surface area contributed by atoms with Crippen molar-refractivity contribution in [3.05, 3.63) is 24.0 Å². The van der Waals surface area contributed by atoms with Gasteiger partial charge < -0.3 is 26.7 Å². The maximum absolute atomic E-state index is 11.1. The smallest absolute Gasteiger partial charge is 0.796 e. The molecule has 24 heavy (non-hydrogen) atoms. The van der Waals surface area contributed by atoms with Crippen LogP contribution in [0.4, 0.5) is 4.20 Å². The van der Waals surface area contributed by atoms with Gasteiger partial charge in [0, 0.05) is 19.0 Å². The van der Waals surface area contributed by atoms with Crippen molar-refractivity contribution >= 4 is 38.2 Å². The summed E-state index contributed by atoms with van der Waals surface area (Å²) in [5, 5.41) is 0. The van der Waals surface area contributed by atoms with E-state index in [4.69, 9.17) is 4.74 Å². The first-order chi connectivity index (χ1) is 11.0. The van der Waals surface area contributed by atoms with Gasteiger partial charge in [0.1, 0.15) is 17.9 Å². The van der Waals surface area contributed by atoms with E-state index >= 15 is 0 Å². The molecule has 8 heteroatoms. The van der Waals surface area contributed by atoms with Gasteiger partial charge in [-0.2, -0.15) is 6.26 Å². The fourth-order valence-corrected chi connectivity index (χ4v) is 1.97. The molecule has 0 aliphatic rings. The summed E-state index contributed by atoms with van der Waals surface area (Å²) in [5.74, 6) is 1.79. The zero-order valence-corrected chi connectivity index (χ0v) is 20.2. The number of benzene rings is 1. The number of halogens is 1. The van der Waals surface area contributed by atoms with Crippen molar-refractivity contribution in [2.75, 3.05) is 26.7 Å². The molecule has 0 fully saturated rings. The van der Waals surface area contributed by atoms with Crippen LogP contribution in [0, 0.1) is 6.92 Å². The van der Waals surface area contributed by atoms with Crippen LogP contribution < -0.4 is 56.1 Å².